The average molecular weight is 306 g/mol. The second-order valence-electron chi connectivity index (χ2n) is 5.00. The van der Waals surface area contributed by atoms with E-state index in [1.807, 2.05) is 32.0 Å². The van der Waals surface area contributed by atoms with Gasteiger partial charge in [0.25, 0.3) is 0 Å². The molecule has 0 aliphatic heterocycles. The second kappa shape index (κ2) is 6.39. The Kier molecular flexibility index (Phi) is 4.78. The molecule has 0 spiro atoms. The largest absolute Gasteiger partial charge is 0.293 e. The third-order valence-electron chi connectivity index (χ3n) is 3.36. The van der Waals surface area contributed by atoms with Gasteiger partial charge in [0.1, 0.15) is 0 Å². The van der Waals surface area contributed by atoms with Gasteiger partial charge in [0.2, 0.25) is 0 Å². The predicted octanol–water partition coefficient (Wildman–Crippen LogP) is 4.95. The van der Waals surface area contributed by atoms with Crippen molar-refractivity contribution in [1.29, 1.82) is 0 Å². The fourth-order valence-corrected chi connectivity index (χ4v) is 2.97. The van der Waals surface area contributed by atoms with Crippen LogP contribution in [0, 0.1) is 25.5 Å². The fourth-order valence-electron chi connectivity index (χ4n) is 1.93. The van der Waals surface area contributed by atoms with Crippen LogP contribution in [0.25, 0.3) is 0 Å². The lowest BCUT2D eigenvalue weighted by Crippen LogP contribution is -2.14. The summed E-state index contributed by atoms with van der Waals surface area (Å²) in [5.74, 6) is -2.15. The lowest BCUT2D eigenvalue weighted by atomic mass is 10.1. The summed E-state index contributed by atoms with van der Waals surface area (Å²) in [7, 11) is 0. The molecule has 0 saturated heterocycles. The summed E-state index contributed by atoms with van der Waals surface area (Å²) in [6, 6.07) is 9.24. The molecule has 4 heteroatoms. The van der Waals surface area contributed by atoms with Gasteiger partial charge in [-0.1, -0.05) is 6.07 Å². The quantitative estimate of drug-likeness (QED) is 0.587. The first kappa shape index (κ1) is 15.7. The number of halogens is 2. The van der Waals surface area contributed by atoms with Gasteiger partial charge in [-0.05, 0) is 62.2 Å². The van der Waals surface area contributed by atoms with E-state index in [1.54, 1.807) is 6.92 Å². The van der Waals surface area contributed by atoms with Gasteiger partial charge in [0.15, 0.2) is 17.4 Å². The maximum Gasteiger partial charge on any atom is 0.175 e. The van der Waals surface area contributed by atoms with Gasteiger partial charge in [-0.2, -0.15) is 0 Å². The third-order valence-corrected chi connectivity index (χ3v) is 4.46. The van der Waals surface area contributed by atoms with Gasteiger partial charge in [-0.3, -0.25) is 4.79 Å². The van der Waals surface area contributed by atoms with E-state index in [0.717, 1.165) is 22.6 Å². The van der Waals surface area contributed by atoms with Crippen molar-refractivity contribution in [3.8, 4) is 0 Å². The van der Waals surface area contributed by atoms with E-state index in [9.17, 15) is 13.6 Å². The molecular formula is C17H16F2OS. The topological polar surface area (TPSA) is 17.1 Å². The van der Waals surface area contributed by atoms with E-state index in [4.69, 9.17) is 0 Å². The van der Waals surface area contributed by atoms with Gasteiger partial charge in [-0.15, -0.1) is 11.8 Å². The Labute approximate surface area is 127 Å². The number of ketones is 1. The van der Waals surface area contributed by atoms with Crippen LogP contribution in [0.5, 0.6) is 0 Å². The minimum Gasteiger partial charge on any atom is -0.293 e. The normalized spacial score (nSPS) is 12.2. The summed E-state index contributed by atoms with van der Waals surface area (Å²) in [6.45, 7) is 5.81. The molecule has 0 heterocycles. The fraction of sp³-hybridized carbons (Fsp3) is 0.235. The lowest BCUT2D eigenvalue weighted by Gasteiger charge is -2.12. The second-order valence-corrected chi connectivity index (χ2v) is 6.41. The molecule has 21 heavy (non-hydrogen) atoms. The van der Waals surface area contributed by atoms with Crippen LogP contribution >= 0.6 is 11.8 Å². The Bertz CT molecular complexity index is 682. The summed E-state index contributed by atoms with van der Waals surface area (Å²) >= 11 is 1.41. The van der Waals surface area contributed by atoms with Crippen molar-refractivity contribution in [1.82, 2.24) is 0 Å². The summed E-state index contributed by atoms with van der Waals surface area (Å²) < 4.78 is 26.1. The zero-order chi connectivity index (χ0) is 15.6. The zero-order valence-corrected chi connectivity index (χ0v) is 12.9. The Morgan fingerprint density at radius 2 is 1.71 bits per heavy atom. The van der Waals surface area contributed by atoms with Gasteiger partial charge in [-0.25, -0.2) is 8.78 Å². The number of hydrogen-bond acceptors (Lipinski definition) is 2. The molecule has 1 nitrogen and oxygen atoms in total. The van der Waals surface area contributed by atoms with E-state index in [1.165, 1.54) is 23.4 Å². The van der Waals surface area contributed by atoms with Gasteiger partial charge < -0.3 is 0 Å². The van der Waals surface area contributed by atoms with Crippen LogP contribution in [0.15, 0.2) is 41.3 Å². The molecule has 110 valence electrons. The first-order valence-electron chi connectivity index (χ1n) is 6.61. The van der Waals surface area contributed by atoms with E-state index in [2.05, 4.69) is 0 Å². The number of rotatable bonds is 4. The molecule has 2 rings (SSSR count). The molecule has 1 unspecified atom stereocenters. The highest BCUT2D eigenvalue weighted by atomic mass is 32.2. The summed E-state index contributed by atoms with van der Waals surface area (Å²) in [5.41, 5.74) is 2.55. The monoisotopic (exact) mass is 306 g/mol. The van der Waals surface area contributed by atoms with Crippen LogP contribution in [-0.2, 0) is 0 Å². The smallest absolute Gasteiger partial charge is 0.175 e. The molecule has 0 saturated carbocycles. The van der Waals surface area contributed by atoms with Crippen molar-refractivity contribution in [2.75, 3.05) is 0 Å². The molecule has 0 fully saturated rings. The van der Waals surface area contributed by atoms with E-state index in [0.29, 0.717) is 0 Å². The predicted molar refractivity (Wildman–Crippen MR) is 81.9 cm³/mol. The number of hydrogen-bond donors (Lipinski definition) is 0. The first-order valence-corrected chi connectivity index (χ1v) is 7.49. The summed E-state index contributed by atoms with van der Waals surface area (Å²) in [6.07, 6.45) is 0. The minimum absolute atomic E-state index is 0.192. The Hall–Kier alpha value is -1.68. The summed E-state index contributed by atoms with van der Waals surface area (Å²) in [4.78, 5) is 13.2. The number of thioether (sulfide) groups is 1. The van der Waals surface area contributed by atoms with Crippen LogP contribution in [-0.4, -0.2) is 11.0 Å². The molecule has 0 radical (unpaired) electrons. The standard InChI is InChI=1S/C17H16F2OS/c1-10-4-6-14(8-11(10)2)21-12(3)17(20)13-5-7-15(18)16(19)9-13/h4-9,12H,1-3H3. The molecule has 0 bridgehead atoms. The Morgan fingerprint density at radius 1 is 1.00 bits per heavy atom. The van der Waals surface area contributed by atoms with Crippen molar-refractivity contribution in [2.45, 2.75) is 30.9 Å². The van der Waals surface area contributed by atoms with Gasteiger partial charge in [0.05, 0.1) is 5.25 Å². The highest BCUT2D eigenvalue weighted by Gasteiger charge is 2.18. The van der Waals surface area contributed by atoms with Crippen molar-refractivity contribution in [2.24, 2.45) is 0 Å². The molecule has 0 aliphatic carbocycles. The number of Topliss-reactive ketones (excluding diaryl/α,β-unsaturated/α-hetero) is 1. The van der Waals surface area contributed by atoms with Crippen LogP contribution in [0.3, 0.4) is 0 Å². The molecule has 0 N–H and O–H groups in total. The maximum absolute atomic E-state index is 13.2. The maximum atomic E-state index is 13.2. The van der Waals surface area contributed by atoms with Crippen LogP contribution in [0.4, 0.5) is 8.78 Å². The Morgan fingerprint density at radius 3 is 2.33 bits per heavy atom. The van der Waals surface area contributed by atoms with E-state index >= 15 is 0 Å². The van der Waals surface area contributed by atoms with Crippen LogP contribution < -0.4 is 0 Å². The van der Waals surface area contributed by atoms with Crippen molar-refractivity contribution in [3.05, 3.63) is 64.7 Å². The molecular weight excluding hydrogens is 290 g/mol. The Balaban J connectivity index is 2.15. The van der Waals surface area contributed by atoms with E-state index in [-0.39, 0.29) is 16.6 Å². The van der Waals surface area contributed by atoms with Crippen molar-refractivity contribution >= 4 is 17.5 Å². The molecule has 0 aliphatic rings. The molecule has 1 atom stereocenters. The zero-order valence-electron chi connectivity index (χ0n) is 12.1. The highest BCUT2D eigenvalue weighted by Crippen LogP contribution is 2.27. The van der Waals surface area contributed by atoms with Crippen LogP contribution in [0.1, 0.15) is 28.4 Å². The van der Waals surface area contributed by atoms with Gasteiger partial charge in [0, 0.05) is 10.5 Å². The lowest BCUT2D eigenvalue weighted by molar-refractivity contribution is 0.0993. The number of aryl methyl sites for hydroxylation is 2. The SMILES string of the molecule is Cc1ccc(SC(C)C(=O)c2ccc(F)c(F)c2)cc1C. The molecule has 0 aromatic heterocycles. The number of carbonyl (C=O) groups excluding carboxylic acids is 1. The van der Waals surface area contributed by atoms with Crippen LogP contribution in [0.2, 0.25) is 0 Å². The highest BCUT2D eigenvalue weighted by molar-refractivity contribution is 8.00. The minimum atomic E-state index is -0.996. The van der Waals surface area contributed by atoms with Gasteiger partial charge >= 0.3 is 0 Å². The van der Waals surface area contributed by atoms with Crippen molar-refractivity contribution < 1.29 is 13.6 Å². The third kappa shape index (κ3) is 3.70. The van der Waals surface area contributed by atoms with E-state index < -0.39 is 11.6 Å². The molecule has 2 aromatic rings. The first-order chi connectivity index (χ1) is 9.88. The average Bonchev–Trinajstić information content (AvgIpc) is 2.45. The molecule has 2 aromatic carbocycles. The number of carbonyl (C=O) groups is 1. The number of benzene rings is 2. The molecule has 0 amide bonds. The summed E-state index contributed by atoms with van der Waals surface area (Å²) in [5, 5.41) is -0.364. The van der Waals surface area contributed by atoms with Crippen molar-refractivity contribution in [3.63, 3.8) is 0 Å².